The fourth-order valence-electron chi connectivity index (χ4n) is 6.20. The van der Waals surface area contributed by atoms with Gasteiger partial charge in [-0.05, 0) is 109 Å². The second-order valence-corrected chi connectivity index (χ2v) is 13.0. The third kappa shape index (κ3) is 7.97. The standard InChI is InChI=1S/C38H49N5O3/c1-6-7-19-43(34-25-29-14-12-16-39-36(29)41-37(34)44)38(45)40-35-32(26(2)3)23-30(24-33(35)27(4)5)28-13-11-15-31(22-28)46-21-20-42-17-9-8-10-18-42/h11-16,22-27H,6-10,17-21H2,1-5H3,(H,40,45)(H,39,41,44). The van der Waals surface area contributed by atoms with Gasteiger partial charge in [-0.1, -0.05) is 59.6 Å². The van der Waals surface area contributed by atoms with Gasteiger partial charge in [0.25, 0.3) is 5.56 Å². The summed E-state index contributed by atoms with van der Waals surface area (Å²) >= 11 is 0. The Morgan fingerprint density at radius 3 is 2.41 bits per heavy atom. The number of pyridine rings is 2. The molecule has 3 heterocycles. The molecule has 1 aliphatic heterocycles. The lowest BCUT2D eigenvalue weighted by Gasteiger charge is -2.27. The fraction of sp³-hybridized carbons (Fsp3) is 0.447. The molecule has 2 aromatic carbocycles. The first-order valence-corrected chi connectivity index (χ1v) is 16.9. The Morgan fingerprint density at radius 2 is 1.72 bits per heavy atom. The number of hydrogen-bond donors (Lipinski definition) is 2. The Bertz CT molecular complexity index is 1660. The summed E-state index contributed by atoms with van der Waals surface area (Å²) in [7, 11) is 0. The number of amides is 2. The number of likely N-dealkylation sites (tertiary alicyclic amines) is 1. The molecule has 1 fully saturated rings. The first kappa shape index (κ1) is 33.2. The number of nitrogens with zero attached hydrogens (tertiary/aromatic N) is 3. The molecule has 0 unspecified atom stereocenters. The molecule has 0 spiro atoms. The third-order valence-electron chi connectivity index (χ3n) is 8.83. The van der Waals surface area contributed by atoms with Crippen LogP contribution in [-0.4, -0.2) is 53.7 Å². The molecule has 2 amide bonds. The van der Waals surface area contributed by atoms with Crippen molar-refractivity contribution in [1.29, 1.82) is 0 Å². The van der Waals surface area contributed by atoms with E-state index in [2.05, 4.69) is 79.1 Å². The number of urea groups is 1. The number of fused-ring (bicyclic) bond motifs is 1. The first-order valence-electron chi connectivity index (χ1n) is 16.9. The van der Waals surface area contributed by atoms with E-state index in [4.69, 9.17) is 4.74 Å². The fourth-order valence-corrected chi connectivity index (χ4v) is 6.20. The van der Waals surface area contributed by atoms with Crippen LogP contribution in [0.5, 0.6) is 5.75 Å². The average Bonchev–Trinajstić information content (AvgIpc) is 3.05. The maximum atomic E-state index is 14.1. The summed E-state index contributed by atoms with van der Waals surface area (Å²) in [5.74, 6) is 1.17. The van der Waals surface area contributed by atoms with Crippen molar-refractivity contribution in [3.63, 3.8) is 0 Å². The van der Waals surface area contributed by atoms with Gasteiger partial charge in [0.15, 0.2) is 0 Å². The number of carbonyl (C=O) groups excluding carboxylic acids is 1. The molecule has 0 bridgehead atoms. The molecule has 5 rings (SSSR count). The van der Waals surface area contributed by atoms with Gasteiger partial charge in [-0.2, -0.15) is 0 Å². The van der Waals surface area contributed by atoms with Gasteiger partial charge in [-0.15, -0.1) is 0 Å². The maximum absolute atomic E-state index is 14.1. The summed E-state index contributed by atoms with van der Waals surface area (Å²) in [6, 6.07) is 17.8. The van der Waals surface area contributed by atoms with Crippen LogP contribution in [0.1, 0.15) is 89.7 Å². The quantitative estimate of drug-likeness (QED) is 0.165. The second kappa shape index (κ2) is 15.4. The van der Waals surface area contributed by atoms with Gasteiger partial charge in [0, 0.05) is 30.4 Å². The molecule has 8 nitrogen and oxygen atoms in total. The Labute approximate surface area is 273 Å². The predicted molar refractivity (Wildman–Crippen MR) is 189 cm³/mol. The van der Waals surface area contributed by atoms with Gasteiger partial charge in [0.2, 0.25) is 0 Å². The van der Waals surface area contributed by atoms with Gasteiger partial charge in [-0.25, -0.2) is 9.78 Å². The zero-order valence-corrected chi connectivity index (χ0v) is 28.1. The van der Waals surface area contributed by atoms with Gasteiger partial charge in [0.05, 0.1) is 0 Å². The van der Waals surface area contributed by atoms with Crippen LogP contribution in [0.25, 0.3) is 22.2 Å². The van der Waals surface area contributed by atoms with E-state index < -0.39 is 0 Å². The zero-order chi connectivity index (χ0) is 32.6. The number of aromatic nitrogens is 2. The van der Waals surface area contributed by atoms with Crippen LogP contribution in [-0.2, 0) is 0 Å². The number of ether oxygens (including phenoxy) is 1. The van der Waals surface area contributed by atoms with Gasteiger partial charge < -0.3 is 15.0 Å². The number of unbranched alkanes of at least 4 members (excludes halogenated alkanes) is 1. The van der Waals surface area contributed by atoms with E-state index in [1.165, 1.54) is 19.3 Å². The molecule has 0 aliphatic carbocycles. The number of carbonyl (C=O) groups is 1. The highest BCUT2D eigenvalue weighted by molar-refractivity contribution is 6.03. The van der Waals surface area contributed by atoms with Crippen LogP contribution >= 0.6 is 0 Å². The van der Waals surface area contributed by atoms with E-state index in [9.17, 15) is 9.59 Å². The highest BCUT2D eigenvalue weighted by Gasteiger charge is 2.24. The molecule has 0 atom stereocenters. The third-order valence-corrected chi connectivity index (χ3v) is 8.83. The van der Waals surface area contributed by atoms with E-state index in [0.29, 0.717) is 24.5 Å². The van der Waals surface area contributed by atoms with Crippen molar-refractivity contribution in [1.82, 2.24) is 14.9 Å². The molecule has 244 valence electrons. The molecule has 1 saturated heterocycles. The van der Waals surface area contributed by atoms with Crippen LogP contribution in [0.15, 0.2) is 65.6 Å². The van der Waals surface area contributed by atoms with Crippen molar-refractivity contribution in [3.05, 3.63) is 82.3 Å². The molecule has 2 aromatic heterocycles. The number of H-pyrrole nitrogens is 1. The monoisotopic (exact) mass is 623 g/mol. The molecule has 0 radical (unpaired) electrons. The summed E-state index contributed by atoms with van der Waals surface area (Å²) in [5, 5.41) is 4.04. The Morgan fingerprint density at radius 1 is 0.978 bits per heavy atom. The van der Waals surface area contributed by atoms with E-state index in [-0.39, 0.29) is 23.4 Å². The summed E-state index contributed by atoms with van der Waals surface area (Å²) in [6.07, 6.45) is 7.18. The lowest BCUT2D eigenvalue weighted by Crippen LogP contribution is -2.39. The van der Waals surface area contributed by atoms with Crippen molar-refractivity contribution in [2.75, 3.05) is 43.0 Å². The van der Waals surface area contributed by atoms with Gasteiger partial charge >= 0.3 is 6.03 Å². The Hall–Kier alpha value is -4.17. The minimum Gasteiger partial charge on any atom is -0.492 e. The van der Waals surface area contributed by atoms with Crippen LogP contribution < -0.4 is 20.5 Å². The summed E-state index contributed by atoms with van der Waals surface area (Å²) in [5.41, 5.74) is 5.58. The van der Waals surface area contributed by atoms with Gasteiger partial charge in [0.1, 0.15) is 23.7 Å². The van der Waals surface area contributed by atoms with Crippen molar-refractivity contribution in [3.8, 4) is 16.9 Å². The molecule has 4 aromatic rings. The lowest BCUT2D eigenvalue weighted by molar-refractivity contribution is 0.183. The van der Waals surface area contributed by atoms with Crippen molar-refractivity contribution < 1.29 is 9.53 Å². The zero-order valence-electron chi connectivity index (χ0n) is 28.1. The minimum atomic E-state index is -0.334. The van der Waals surface area contributed by atoms with Crippen LogP contribution in [0.3, 0.4) is 0 Å². The van der Waals surface area contributed by atoms with Crippen molar-refractivity contribution in [2.45, 2.75) is 78.6 Å². The number of benzene rings is 2. The lowest BCUT2D eigenvalue weighted by atomic mass is 9.88. The first-order chi connectivity index (χ1) is 22.2. The molecular formula is C38H49N5O3. The number of aromatic amines is 1. The van der Waals surface area contributed by atoms with E-state index in [1.54, 1.807) is 17.2 Å². The minimum absolute atomic E-state index is 0.149. The van der Waals surface area contributed by atoms with Crippen molar-refractivity contribution >= 4 is 28.4 Å². The molecular weight excluding hydrogens is 574 g/mol. The van der Waals surface area contributed by atoms with Crippen molar-refractivity contribution in [2.24, 2.45) is 0 Å². The summed E-state index contributed by atoms with van der Waals surface area (Å²) in [6.45, 7) is 15.0. The van der Waals surface area contributed by atoms with E-state index >= 15 is 0 Å². The Balaban J connectivity index is 1.44. The number of piperidine rings is 1. The highest BCUT2D eigenvalue weighted by atomic mass is 16.5. The predicted octanol–water partition coefficient (Wildman–Crippen LogP) is 8.54. The number of rotatable bonds is 12. The molecule has 0 saturated carbocycles. The SMILES string of the molecule is CCCCN(C(=O)Nc1c(C(C)C)cc(-c2cccc(OCCN3CCCCC3)c2)cc1C(C)C)c1cc2cccnc2[nH]c1=O. The molecule has 1 aliphatic rings. The largest absolute Gasteiger partial charge is 0.492 e. The molecule has 8 heteroatoms. The summed E-state index contributed by atoms with van der Waals surface area (Å²) in [4.78, 5) is 38.5. The van der Waals surface area contributed by atoms with E-state index in [1.807, 2.05) is 24.3 Å². The van der Waals surface area contributed by atoms with E-state index in [0.717, 1.165) is 71.6 Å². The van der Waals surface area contributed by atoms with Crippen LogP contribution in [0, 0.1) is 0 Å². The molecule has 46 heavy (non-hydrogen) atoms. The number of nitrogens with one attached hydrogen (secondary N) is 2. The topological polar surface area (TPSA) is 90.6 Å². The molecule has 2 N–H and O–H groups in total. The average molecular weight is 624 g/mol. The smallest absolute Gasteiger partial charge is 0.326 e. The Kier molecular flexibility index (Phi) is 11.1. The van der Waals surface area contributed by atoms with Gasteiger partial charge in [-0.3, -0.25) is 14.6 Å². The normalized spacial score (nSPS) is 13.8. The van der Waals surface area contributed by atoms with Crippen LogP contribution in [0.4, 0.5) is 16.2 Å². The second-order valence-electron chi connectivity index (χ2n) is 13.0. The highest BCUT2D eigenvalue weighted by Crippen LogP contribution is 2.38. The summed E-state index contributed by atoms with van der Waals surface area (Å²) < 4.78 is 6.20. The number of anilines is 2. The number of hydrogen-bond acceptors (Lipinski definition) is 5. The maximum Gasteiger partial charge on any atom is 0.326 e. The van der Waals surface area contributed by atoms with Crippen LogP contribution in [0.2, 0.25) is 0 Å².